The number of hydrogen-bond acceptors (Lipinski definition) is 13. The van der Waals surface area contributed by atoms with Gasteiger partial charge in [0, 0.05) is 12.1 Å². The smallest absolute Gasteiger partial charge is 0.478 e. The Morgan fingerprint density at radius 1 is 0.740 bits per heavy atom. The monoisotopic (exact) mass is 760 g/mol. The van der Waals surface area contributed by atoms with Crippen molar-refractivity contribution in [3.05, 3.63) is 79.9 Å². The molecule has 1 atom stereocenters. The summed E-state index contributed by atoms with van der Waals surface area (Å²) < 4.78 is 141. The van der Waals surface area contributed by atoms with Crippen molar-refractivity contribution in [2.24, 2.45) is 0 Å². The van der Waals surface area contributed by atoms with E-state index < -0.39 is 114 Å². The molecule has 0 spiro atoms. The summed E-state index contributed by atoms with van der Waals surface area (Å²) in [6.07, 6.45) is -0.692. The van der Waals surface area contributed by atoms with Gasteiger partial charge in [0.15, 0.2) is 0 Å². The molecule has 3 aromatic carbocycles. The molecule has 0 aliphatic carbocycles. The average molecular weight is 761 g/mol. The van der Waals surface area contributed by atoms with E-state index in [4.69, 9.17) is 14.2 Å². The van der Waals surface area contributed by atoms with Gasteiger partial charge in [0.25, 0.3) is 19.7 Å². The molecule has 0 aliphatic heterocycles. The van der Waals surface area contributed by atoms with E-state index >= 15 is 0 Å². The highest BCUT2D eigenvalue weighted by atomic mass is 32.2. The van der Waals surface area contributed by atoms with E-state index in [-0.39, 0.29) is 30.7 Å². The number of rotatable bonds is 12. The van der Waals surface area contributed by atoms with Gasteiger partial charge < -0.3 is 19.3 Å². The molecule has 0 radical (unpaired) electrons. The summed E-state index contributed by atoms with van der Waals surface area (Å²) in [6.45, 7) is 2.94. The predicted molar refractivity (Wildman–Crippen MR) is 151 cm³/mol. The third kappa shape index (κ3) is 7.85. The van der Waals surface area contributed by atoms with E-state index in [1.165, 1.54) is 6.92 Å². The lowest BCUT2D eigenvalue weighted by molar-refractivity contribution is -0.386. The van der Waals surface area contributed by atoms with Crippen LogP contribution in [0.4, 0.5) is 37.7 Å². The Balaban J connectivity index is 2.27. The summed E-state index contributed by atoms with van der Waals surface area (Å²) in [6, 6.07) is 2.20. The number of carboxylic acids is 1. The number of benzene rings is 3. The normalized spacial score (nSPS) is 12.9. The van der Waals surface area contributed by atoms with Crippen LogP contribution in [0, 0.1) is 20.2 Å². The zero-order valence-electron chi connectivity index (χ0n) is 24.6. The fraction of sp³-hybridized carbons (Fsp3) is 0.231. The maximum atomic E-state index is 13.1. The van der Waals surface area contributed by atoms with Crippen molar-refractivity contribution in [1.82, 2.24) is 0 Å². The van der Waals surface area contributed by atoms with Crippen LogP contribution in [-0.4, -0.2) is 60.8 Å². The minimum atomic E-state index is -6.11. The van der Waals surface area contributed by atoms with E-state index in [2.05, 4.69) is 0 Å². The topological polar surface area (TPSA) is 237 Å². The number of alkyl halides is 6. The molecule has 0 fully saturated rings. The van der Waals surface area contributed by atoms with Crippen molar-refractivity contribution in [2.45, 2.75) is 47.2 Å². The Labute approximate surface area is 274 Å². The summed E-state index contributed by atoms with van der Waals surface area (Å²) in [5.74, 6) is -7.26. The third-order valence-corrected chi connectivity index (χ3v) is 9.31. The first-order valence-electron chi connectivity index (χ1n) is 13.0. The Kier molecular flexibility index (Phi) is 10.7. The standard InChI is InChI=1S/C26H18F6N2O14S2/c1-3-12(2)46-24(37)16-11-21(47-19-6-4-13(8-17(19)33(38)39)49(42,43)25(27,28)29)15(23(35)36)10-22(16)48-20-7-5-14(9-18(20)34(40)41)50(44,45)26(30,31)32/h4-12H,3H2,1-2H3,(H,35,36). The van der Waals surface area contributed by atoms with Gasteiger partial charge in [-0.1, -0.05) is 6.92 Å². The van der Waals surface area contributed by atoms with Gasteiger partial charge in [0.1, 0.15) is 22.6 Å². The van der Waals surface area contributed by atoms with Crippen LogP contribution >= 0.6 is 0 Å². The Morgan fingerprint density at radius 3 is 1.46 bits per heavy atom. The van der Waals surface area contributed by atoms with Crippen molar-refractivity contribution >= 4 is 43.0 Å². The molecule has 1 N–H and O–H groups in total. The van der Waals surface area contributed by atoms with Gasteiger partial charge in [-0.05, 0) is 49.7 Å². The van der Waals surface area contributed by atoms with Crippen LogP contribution in [-0.2, 0) is 24.4 Å². The molecule has 3 aromatic rings. The lowest BCUT2D eigenvalue weighted by atomic mass is 10.1. The Hall–Kier alpha value is -5.52. The molecule has 16 nitrogen and oxygen atoms in total. The van der Waals surface area contributed by atoms with Gasteiger partial charge in [-0.25, -0.2) is 26.4 Å². The number of carbonyl (C=O) groups excluding carboxylic acids is 1. The first kappa shape index (κ1) is 38.9. The Bertz CT molecular complexity index is 2120. The fourth-order valence-electron chi connectivity index (χ4n) is 3.68. The van der Waals surface area contributed by atoms with E-state index in [9.17, 15) is 78.1 Å². The molecule has 0 saturated heterocycles. The maximum absolute atomic E-state index is 13.1. The van der Waals surface area contributed by atoms with Crippen LogP contribution in [0.3, 0.4) is 0 Å². The molecule has 1 unspecified atom stereocenters. The number of esters is 1. The number of sulfone groups is 2. The minimum absolute atomic E-state index is 0.0212. The summed E-state index contributed by atoms with van der Waals surface area (Å²) in [5, 5.41) is 33.2. The lowest BCUT2D eigenvalue weighted by Crippen LogP contribution is -2.23. The molecule has 270 valence electrons. The largest absolute Gasteiger partial charge is 0.501 e. The molecule has 0 saturated carbocycles. The van der Waals surface area contributed by atoms with E-state index in [0.717, 1.165) is 0 Å². The third-order valence-electron chi connectivity index (χ3n) is 6.34. The molecule has 50 heavy (non-hydrogen) atoms. The van der Waals surface area contributed by atoms with Crippen molar-refractivity contribution in [1.29, 1.82) is 0 Å². The molecular formula is C26H18F6N2O14S2. The number of nitro benzene ring substituents is 2. The number of ether oxygens (including phenoxy) is 3. The van der Waals surface area contributed by atoms with Crippen LogP contribution in [0.15, 0.2) is 58.3 Å². The Morgan fingerprint density at radius 2 is 1.12 bits per heavy atom. The molecule has 0 amide bonds. The zero-order valence-corrected chi connectivity index (χ0v) is 26.3. The SMILES string of the molecule is CCC(C)OC(=O)c1cc(Oc2ccc(S(=O)(=O)C(F)(F)F)cc2[N+](=O)[O-])c(C(=O)O)cc1Oc1ccc(S(=O)(=O)C(F)(F)F)cc1[N+](=O)[O-]. The zero-order chi connectivity index (χ0) is 38.1. The highest BCUT2D eigenvalue weighted by Gasteiger charge is 2.48. The maximum Gasteiger partial charge on any atom is 0.501 e. The molecule has 24 heteroatoms. The van der Waals surface area contributed by atoms with Crippen molar-refractivity contribution in [2.75, 3.05) is 0 Å². The van der Waals surface area contributed by atoms with Gasteiger partial charge >= 0.3 is 34.3 Å². The molecular weight excluding hydrogens is 742 g/mol. The molecule has 0 heterocycles. The highest BCUT2D eigenvalue weighted by Crippen LogP contribution is 2.42. The van der Waals surface area contributed by atoms with Crippen LogP contribution in [0.2, 0.25) is 0 Å². The van der Waals surface area contributed by atoms with Crippen LogP contribution < -0.4 is 9.47 Å². The van der Waals surface area contributed by atoms with Crippen molar-refractivity contribution in [3.63, 3.8) is 0 Å². The first-order chi connectivity index (χ1) is 22.8. The number of nitrogens with zero attached hydrogens (tertiary/aromatic N) is 2. The number of halogens is 6. The quantitative estimate of drug-likeness (QED) is 0.0919. The first-order valence-corrected chi connectivity index (χ1v) is 16.0. The van der Waals surface area contributed by atoms with Gasteiger partial charge in [-0.3, -0.25) is 20.2 Å². The summed E-state index contributed by atoms with van der Waals surface area (Å²) in [4.78, 5) is 42.8. The number of aromatic carboxylic acids is 1. The highest BCUT2D eigenvalue weighted by molar-refractivity contribution is 7.92. The molecule has 0 bridgehead atoms. The van der Waals surface area contributed by atoms with Crippen molar-refractivity contribution < 1.29 is 81.9 Å². The second-order valence-corrected chi connectivity index (χ2v) is 13.5. The van der Waals surface area contributed by atoms with Crippen LogP contribution in [0.25, 0.3) is 0 Å². The summed E-state index contributed by atoms with van der Waals surface area (Å²) >= 11 is 0. The van der Waals surface area contributed by atoms with Gasteiger partial charge in [-0.2, -0.15) is 26.3 Å². The van der Waals surface area contributed by atoms with Crippen LogP contribution in [0.5, 0.6) is 23.0 Å². The van der Waals surface area contributed by atoms with Crippen molar-refractivity contribution in [3.8, 4) is 23.0 Å². The molecule has 3 rings (SSSR count). The van der Waals surface area contributed by atoms with Gasteiger partial charge in [0.05, 0.1) is 25.7 Å². The molecule has 0 aromatic heterocycles. The van der Waals surface area contributed by atoms with Crippen LogP contribution in [0.1, 0.15) is 41.0 Å². The molecule has 0 aliphatic rings. The number of nitro groups is 2. The number of carbonyl (C=O) groups is 2. The lowest BCUT2D eigenvalue weighted by Gasteiger charge is -2.17. The number of carboxylic acid groups (broad SMARTS) is 1. The van der Waals surface area contributed by atoms with Gasteiger partial charge in [0.2, 0.25) is 11.5 Å². The second kappa shape index (κ2) is 13.8. The number of hydrogen-bond donors (Lipinski definition) is 1. The average Bonchev–Trinajstić information content (AvgIpc) is 3.00. The summed E-state index contributed by atoms with van der Waals surface area (Å²) in [7, 11) is -12.2. The van der Waals surface area contributed by atoms with E-state index in [0.29, 0.717) is 24.3 Å². The minimum Gasteiger partial charge on any atom is -0.478 e. The van der Waals surface area contributed by atoms with E-state index in [1.807, 2.05) is 0 Å². The summed E-state index contributed by atoms with van der Waals surface area (Å²) in [5.41, 5.74) is -16.5. The predicted octanol–water partition coefficient (Wildman–Crippen LogP) is 6.33. The van der Waals surface area contributed by atoms with Gasteiger partial charge in [-0.15, -0.1) is 0 Å². The second-order valence-electron chi connectivity index (χ2n) is 9.65. The van der Waals surface area contributed by atoms with E-state index in [1.54, 1.807) is 6.92 Å². The fourth-order valence-corrected chi connectivity index (χ4v) is 5.24.